The van der Waals surface area contributed by atoms with Crippen LogP contribution in [0.15, 0.2) is 11.6 Å². The van der Waals surface area contributed by atoms with Crippen LogP contribution in [0.4, 0.5) is 0 Å². The van der Waals surface area contributed by atoms with Gasteiger partial charge >= 0.3 is 0 Å². The van der Waals surface area contributed by atoms with Gasteiger partial charge in [-0.1, -0.05) is 19.4 Å². The molecule has 0 heterocycles. The van der Waals surface area contributed by atoms with Crippen molar-refractivity contribution in [2.45, 2.75) is 33.1 Å². The SMILES string of the molecule is [CH2-]C/C(=C\C)CCC.[Y]. The van der Waals surface area contributed by atoms with Crippen molar-refractivity contribution in [1.29, 1.82) is 0 Å². The third-order valence-electron chi connectivity index (χ3n) is 1.30. The molecular weight excluding hydrogens is 185 g/mol. The molecule has 1 heteroatoms. The summed E-state index contributed by atoms with van der Waals surface area (Å²) in [5.41, 5.74) is 1.48. The van der Waals surface area contributed by atoms with E-state index in [0.29, 0.717) is 0 Å². The Kier molecular flexibility index (Phi) is 12.3. The maximum absolute atomic E-state index is 3.81. The molecule has 0 unspecified atom stereocenters. The number of rotatable bonds is 3. The topological polar surface area (TPSA) is 0 Å². The second kappa shape index (κ2) is 8.84. The van der Waals surface area contributed by atoms with Crippen molar-refractivity contribution in [3.05, 3.63) is 18.6 Å². The van der Waals surface area contributed by atoms with Gasteiger partial charge in [0.15, 0.2) is 0 Å². The predicted molar refractivity (Wildman–Crippen MR) is 38.6 cm³/mol. The van der Waals surface area contributed by atoms with Gasteiger partial charge in [0.05, 0.1) is 0 Å². The summed E-state index contributed by atoms with van der Waals surface area (Å²) in [4.78, 5) is 0. The summed E-state index contributed by atoms with van der Waals surface area (Å²) >= 11 is 0. The third-order valence-corrected chi connectivity index (χ3v) is 1.30. The van der Waals surface area contributed by atoms with E-state index in [1.54, 1.807) is 0 Å². The molecule has 0 aliphatic rings. The van der Waals surface area contributed by atoms with Gasteiger partial charge in [0.2, 0.25) is 0 Å². The van der Waals surface area contributed by atoms with E-state index in [9.17, 15) is 0 Å². The van der Waals surface area contributed by atoms with Crippen LogP contribution in [-0.4, -0.2) is 0 Å². The Morgan fingerprint density at radius 3 is 2.22 bits per heavy atom. The summed E-state index contributed by atoms with van der Waals surface area (Å²) in [6.45, 7) is 8.08. The van der Waals surface area contributed by atoms with E-state index in [1.807, 2.05) is 0 Å². The largest absolute Gasteiger partial charge is 0.339 e. The van der Waals surface area contributed by atoms with Crippen LogP contribution in [0.25, 0.3) is 0 Å². The fraction of sp³-hybridized carbons (Fsp3) is 0.625. The van der Waals surface area contributed by atoms with Crippen LogP contribution in [0, 0.1) is 6.92 Å². The molecule has 1 radical (unpaired) electrons. The van der Waals surface area contributed by atoms with Crippen molar-refractivity contribution in [2.24, 2.45) is 0 Å². The first-order valence-electron chi connectivity index (χ1n) is 3.28. The van der Waals surface area contributed by atoms with Crippen LogP contribution in [-0.2, 0) is 32.7 Å². The molecule has 0 nitrogen and oxygen atoms in total. The minimum absolute atomic E-state index is 0. The first-order chi connectivity index (χ1) is 3.85. The van der Waals surface area contributed by atoms with Gasteiger partial charge in [0, 0.05) is 32.7 Å². The Bertz CT molecular complexity index is 74.6. The zero-order chi connectivity index (χ0) is 6.41. The minimum atomic E-state index is 0. The normalized spacial score (nSPS) is 10.8. The Morgan fingerprint density at radius 1 is 1.56 bits per heavy atom. The van der Waals surface area contributed by atoms with Crippen LogP contribution < -0.4 is 0 Å². The fourth-order valence-electron chi connectivity index (χ4n) is 0.735. The third kappa shape index (κ3) is 6.73. The molecule has 0 saturated heterocycles. The molecule has 0 aliphatic heterocycles. The molecule has 0 fully saturated rings. The first-order valence-corrected chi connectivity index (χ1v) is 3.28. The van der Waals surface area contributed by atoms with Gasteiger partial charge in [-0.15, -0.1) is 5.57 Å². The van der Waals surface area contributed by atoms with Crippen molar-refractivity contribution in [1.82, 2.24) is 0 Å². The summed E-state index contributed by atoms with van der Waals surface area (Å²) in [6.07, 6.45) is 5.61. The molecule has 0 atom stereocenters. The van der Waals surface area contributed by atoms with Gasteiger partial charge in [-0.25, -0.2) is 0 Å². The van der Waals surface area contributed by atoms with Crippen molar-refractivity contribution >= 4 is 0 Å². The molecule has 0 bridgehead atoms. The van der Waals surface area contributed by atoms with Gasteiger partial charge < -0.3 is 6.92 Å². The second-order valence-corrected chi connectivity index (χ2v) is 1.95. The van der Waals surface area contributed by atoms with Gasteiger partial charge in [-0.3, -0.25) is 0 Å². The molecule has 9 heavy (non-hydrogen) atoms. The van der Waals surface area contributed by atoms with Gasteiger partial charge in [0.25, 0.3) is 0 Å². The van der Waals surface area contributed by atoms with Crippen LogP contribution in [0.3, 0.4) is 0 Å². The molecule has 0 amide bonds. The van der Waals surface area contributed by atoms with Crippen LogP contribution in [0.5, 0.6) is 0 Å². The molecule has 0 aromatic carbocycles. The van der Waals surface area contributed by atoms with Crippen LogP contribution >= 0.6 is 0 Å². The summed E-state index contributed by atoms with van der Waals surface area (Å²) in [5, 5.41) is 0. The monoisotopic (exact) mass is 200 g/mol. The van der Waals surface area contributed by atoms with E-state index in [4.69, 9.17) is 0 Å². The zero-order valence-electron chi connectivity index (χ0n) is 6.48. The molecule has 0 aliphatic carbocycles. The molecular formula is C8H15Y-. The fourth-order valence-corrected chi connectivity index (χ4v) is 0.735. The average molecular weight is 200 g/mol. The Hall–Kier alpha value is 0.844. The molecule has 0 spiro atoms. The number of hydrogen-bond donors (Lipinski definition) is 0. The molecule has 0 N–H and O–H groups in total. The van der Waals surface area contributed by atoms with Crippen LogP contribution in [0.1, 0.15) is 33.1 Å². The molecule has 0 saturated carbocycles. The van der Waals surface area contributed by atoms with Crippen LogP contribution in [0.2, 0.25) is 0 Å². The maximum atomic E-state index is 3.81. The minimum Gasteiger partial charge on any atom is -0.339 e. The summed E-state index contributed by atoms with van der Waals surface area (Å²) in [5.74, 6) is 0. The second-order valence-electron chi connectivity index (χ2n) is 1.95. The van der Waals surface area contributed by atoms with E-state index in [0.717, 1.165) is 6.42 Å². The Labute approximate surface area is 84.0 Å². The average Bonchev–Trinajstić information content (AvgIpc) is 1.83. The first kappa shape index (κ1) is 12.5. The van der Waals surface area contributed by atoms with Crippen molar-refractivity contribution in [2.75, 3.05) is 0 Å². The van der Waals surface area contributed by atoms with Gasteiger partial charge in [0.1, 0.15) is 0 Å². The summed E-state index contributed by atoms with van der Waals surface area (Å²) < 4.78 is 0. The molecule has 51 valence electrons. The molecule has 0 aromatic heterocycles. The Morgan fingerprint density at radius 2 is 2.11 bits per heavy atom. The summed E-state index contributed by atoms with van der Waals surface area (Å²) in [7, 11) is 0. The Balaban J connectivity index is 0. The van der Waals surface area contributed by atoms with E-state index in [2.05, 4.69) is 26.8 Å². The van der Waals surface area contributed by atoms with Crippen molar-refractivity contribution in [3.63, 3.8) is 0 Å². The van der Waals surface area contributed by atoms with Gasteiger partial charge in [-0.05, 0) is 13.3 Å². The molecule has 0 aromatic rings. The standard InChI is InChI=1S/C8H15.Y/c1-4-7-8(5-2)6-3;/h6H,2,4-5,7H2,1,3H3;/q-1;/b8-6+;. The van der Waals surface area contributed by atoms with Gasteiger partial charge in [-0.2, -0.15) is 6.42 Å². The van der Waals surface area contributed by atoms with E-state index < -0.39 is 0 Å². The quantitative estimate of drug-likeness (QED) is 0.485. The predicted octanol–water partition coefficient (Wildman–Crippen LogP) is 2.95. The summed E-state index contributed by atoms with van der Waals surface area (Å²) in [6, 6.07) is 0. The number of allylic oxidation sites excluding steroid dienone is 2. The number of hydrogen-bond acceptors (Lipinski definition) is 0. The van der Waals surface area contributed by atoms with E-state index in [1.165, 1.54) is 18.4 Å². The maximum Gasteiger partial charge on any atom is 0 e. The smallest absolute Gasteiger partial charge is 0 e. The molecule has 0 rings (SSSR count). The van der Waals surface area contributed by atoms with E-state index >= 15 is 0 Å². The zero-order valence-corrected chi connectivity index (χ0v) is 9.32. The van der Waals surface area contributed by atoms with Crippen molar-refractivity contribution < 1.29 is 32.7 Å². The van der Waals surface area contributed by atoms with E-state index in [-0.39, 0.29) is 32.7 Å². The van der Waals surface area contributed by atoms with Crippen molar-refractivity contribution in [3.8, 4) is 0 Å².